The Morgan fingerprint density at radius 2 is 1.77 bits per heavy atom. The molecule has 214 valence electrons. The molecule has 9 nitrogen and oxygen atoms in total. The molecule has 9 heteroatoms. The topological polar surface area (TPSA) is 97.4 Å². The van der Waals surface area contributed by atoms with E-state index in [0.717, 1.165) is 30.4 Å². The average Bonchev–Trinajstić information content (AvgIpc) is 3.49. The van der Waals surface area contributed by atoms with Crippen molar-refractivity contribution in [1.29, 1.82) is 0 Å². The van der Waals surface area contributed by atoms with Gasteiger partial charge in [0.05, 0.1) is 5.92 Å². The van der Waals surface area contributed by atoms with Gasteiger partial charge in [0.25, 0.3) is 0 Å². The number of alkyl carbamates (subject to hydrolysis) is 1. The van der Waals surface area contributed by atoms with Crippen LogP contribution in [0.5, 0.6) is 11.5 Å². The van der Waals surface area contributed by atoms with Crippen molar-refractivity contribution in [2.45, 2.75) is 69.4 Å². The van der Waals surface area contributed by atoms with Crippen molar-refractivity contribution in [3.8, 4) is 11.5 Å². The Labute approximate surface area is 235 Å². The molecule has 2 atom stereocenters. The zero-order chi connectivity index (χ0) is 28.7. The van der Waals surface area contributed by atoms with Gasteiger partial charge in [-0.1, -0.05) is 30.3 Å². The molecule has 40 heavy (non-hydrogen) atoms. The van der Waals surface area contributed by atoms with Crippen molar-refractivity contribution in [3.63, 3.8) is 0 Å². The summed E-state index contributed by atoms with van der Waals surface area (Å²) in [6, 6.07) is 13.0. The second kappa shape index (κ2) is 10.7. The summed E-state index contributed by atoms with van der Waals surface area (Å²) in [5.74, 6) is 1.10. The molecule has 2 aromatic rings. The fraction of sp³-hybridized carbons (Fsp3) is 0.516. The van der Waals surface area contributed by atoms with E-state index in [0.29, 0.717) is 31.0 Å². The van der Waals surface area contributed by atoms with Crippen LogP contribution in [0.25, 0.3) is 0 Å². The normalized spacial score (nSPS) is 19.6. The molecule has 0 saturated carbocycles. The van der Waals surface area contributed by atoms with Crippen LogP contribution < -0.4 is 14.8 Å². The highest BCUT2D eigenvalue weighted by molar-refractivity contribution is 5.87. The Balaban J connectivity index is 1.33. The number of rotatable bonds is 5. The minimum Gasteiger partial charge on any atom is -0.454 e. The number of amides is 3. The van der Waals surface area contributed by atoms with Gasteiger partial charge >= 0.3 is 6.09 Å². The number of piperidine rings is 1. The average molecular weight is 550 g/mol. The van der Waals surface area contributed by atoms with E-state index in [2.05, 4.69) is 17.4 Å². The fourth-order valence-corrected chi connectivity index (χ4v) is 6.23. The van der Waals surface area contributed by atoms with Gasteiger partial charge < -0.3 is 29.3 Å². The van der Waals surface area contributed by atoms with Crippen LogP contribution in [0.1, 0.15) is 62.6 Å². The maximum atomic E-state index is 13.9. The first-order valence-corrected chi connectivity index (χ1v) is 13.9. The lowest BCUT2D eigenvalue weighted by molar-refractivity contribution is -0.135. The van der Waals surface area contributed by atoms with Crippen LogP contribution in [0.3, 0.4) is 0 Å². The van der Waals surface area contributed by atoms with E-state index in [1.807, 2.05) is 35.2 Å². The van der Waals surface area contributed by atoms with Crippen LogP contribution in [0.15, 0.2) is 42.5 Å². The monoisotopic (exact) mass is 549 g/mol. The number of carbonyl (C=O) groups excluding carboxylic acids is 3. The summed E-state index contributed by atoms with van der Waals surface area (Å²) in [5, 5.41) is 2.82. The molecule has 1 aliphatic carbocycles. The highest BCUT2D eigenvalue weighted by atomic mass is 16.7. The lowest BCUT2D eigenvalue weighted by Crippen LogP contribution is -2.54. The van der Waals surface area contributed by atoms with Gasteiger partial charge in [0.1, 0.15) is 11.6 Å². The van der Waals surface area contributed by atoms with Gasteiger partial charge in [-0.2, -0.15) is 0 Å². The number of hydrogen-bond acceptors (Lipinski definition) is 6. The molecule has 2 aromatic carbocycles. The van der Waals surface area contributed by atoms with Gasteiger partial charge in [0.15, 0.2) is 11.5 Å². The zero-order valence-electron chi connectivity index (χ0n) is 24.0. The highest BCUT2D eigenvalue weighted by Crippen LogP contribution is 2.52. The van der Waals surface area contributed by atoms with Gasteiger partial charge in [-0.15, -0.1) is 0 Å². The molecular formula is C31H39N3O6. The summed E-state index contributed by atoms with van der Waals surface area (Å²) < 4.78 is 16.4. The maximum absolute atomic E-state index is 13.9. The number of likely N-dealkylation sites (tertiary alicyclic amines) is 1. The summed E-state index contributed by atoms with van der Waals surface area (Å²) in [6.07, 6.45) is 1.93. The summed E-state index contributed by atoms with van der Waals surface area (Å²) >= 11 is 0. The second-order valence-corrected chi connectivity index (χ2v) is 12.3. The molecule has 2 aliphatic heterocycles. The lowest BCUT2D eigenvalue weighted by Gasteiger charge is -2.41. The third-order valence-corrected chi connectivity index (χ3v) is 8.14. The first-order valence-electron chi connectivity index (χ1n) is 13.9. The van der Waals surface area contributed by atoms with Crippen LogP contribution in [0.2, 0.25) is 0 Å². The van der Waals surface area contributed by atoms with Crippen LogP contribution >= 0.6 is 0 Å². The smallest absolute Gasteiger partial charge is 0.408 e. The summed E-state index contributed by atoms with van der Waals surface area (Å²) in [6.45, 7) is 6.63. The first-order chi connectivity index (χ1) is 19.0. The molecule has 5 rings (SSSR count). The summed E-state index contributed by atoms with van der Waals surface area (Å²) in [7, 11) is 3.60. The van der Waals surface area contributed by atoms with Gasteiger partial charge in [-0.3, -0.25) is 9.59 Å². The minimum absolute atomic E-state index is 0.119. The quantitative estimate of drug-likeness (QED) is 0.606. The summed E-state index contributed by atoms with van der Waals surface area (Å²) in [5.41, 5.74) is 2.35. The largest absolute Gasteiger partial charge is 0.454 e. The molecule has 3 amide bonds. The lowest BCUT2D eigenvalue weighted by atomic mass is 9.73. The number of carbonyl (C=O) groups is 3. The van der Waals surface area contributed by atoms with Gasteiger partial charge in [0, 0.05) is 39.0 Å². The van der Waals surface area contributed by atoms with Crippen molar-refractivity contribution in [2.24, 2.45) is 0 Å². The van der Waals surface area contributed by atoms with Crippen LogP contribution in [0, 0.1) is 0 Å². The minimum atomic E-state index is -0.803. The standard InChI is InChI=1S/C31H39N3O6/c1-30(2,3)40-29(37)32-24(16-20-10-11-25-26(17-20)39-19-38-25)28(36)34-14-12-31(13-15-34)18-22(27(35)33(4)5)21-8-6-7-9-23(21)31/h6-11,17,22,24H,12-16,18-19H2,1-5H3,(H,32,37)/t22-,24?/m1/s1. The number of hydrogen-bond donors (Lipinski definition) is 1. The molecule has 1 saturated heterocycles. The molecule has 2 heterocycles. The molecule has 1 N–H and O–H groups in total. The number of nitrogens with zero attached hydrogens (tertiary/aromatic N) is 2. The van der Waals surface area contributed by atoms with Gasteiger partial charge in [-0.05, 0) is 68.9 Å². The SMILES string of the molecule is CN(C)C(=O)[C@@H]1CC2(CCN(C(=O)C(Cc3ccc4c(c3)OCO4)NC(=O)OC(C)(C)C)CC2)c2ccccc21. The Bertz CT molecular complexity index is 1290. The number of benzene rings is 2. The highest BCUT2D eigenvalue weighted by Gasteiger charge is 2.48. The molecule has 1 fully saturated rings. The fourth-order valence-electron chi connectivity index (χ4n) is 6.23. The number of ether oxygens (including phenoxy) is 3. The number of nitrogens with one attached hydrogen (secondary N) is 1. The number of fused-ring (bicyclic) bond motifs is 3. The van der Waals surface area contributed by atoms with Crippen LogP contribution in [0.4, 0.5) is 4.79 Å². The Morgan fingerprint density at radius 3 is 2.48 bits per heavy atom. The maximum Gasteiger partial charge on any atom is 0.408 e. The van der Waals surface area contributed by atoms with Crippen molar-refractivity contribution in [1.82, 2.24) is 15.1 Å². The van der Waals surface area contributed by atoms with Crippen molar-refractivity contribution in [2.75, 3.05) is 34.0 Å². The predicted molar refractivity (Wildman–Crippen MR) is 149 cm³/mol. The van der Waals surface area contributed by atoms with Gasteiger partial charge in [0.2, 0.25) is 18.6 Å². The Hall–Kier alpha value is -3.75. The van der Waals surface area contributed by atoms with E-state index in [-0.39, 0.29) is 29.9 Å². The first kappa shape index (κ1) is 27.8. The van der Waals surface area contributed by atoms with E-state index < -0.39 is 17.7 Å². The van der Waals surface area contributed by atoms with Crippen LogP contribution in [-0.2, 0) is 26.2 Å². The number of likely N-dealkylation sites (N-methyl/N-ethyl adjacent to an activating group) is 1. The van der Waals surface area contributed by atoms with Crippen molar-refractivity contribution >= 4 is 17.9 Å². The van der Waals surface area contributed by atoms with Crippen LogP contribution in [-0.4, -0.2) is 73.3 Å². The molecular weight excluding hydrogens is 510 g/mol. The molecule has 0 radical (unpaired) electrons. The van der Waals surface area contributed by atoms with E-state index in [1.54, 1.807) is 39.8 Å². The molecule has 0 bridgehead atoms. The third kappa shape index (κ3) is 5.60. The molecule has 0 aromatic heterocycles. The van der Waals surface area contributed by atoms with Gasteiger partial charge in [-0.25, -0.2) is 4.79 Å². The Morgan fingerprint density at radius 1 is 1.07 bits per heavy atom. The molecule has 1 unspecified atom stereocenters. The van der Waals surface area contributed by atoms with Crippen molar-refractivity contribution < 1.29 is 28.6 Å². The van der Waals surface area contributed by atoms with Crippen molar-refractivity contribution in [3.05, 3.63) is 59.2 Å². The van der Waals surface area contributed by atoms with E-state index in [9.17, 15) is 14.4 Å². The predicted octanol–water partition coefficient (Wildman–Crippen LogP) is 3.99. The summed E-state index contributed by atoms with van der Waals surface area (Å²) in [4.78, 5) is 43.2. The second-order valence-electron chi connectivity index (χ2n) is 12.3. The Kier molecular flexibility index (Phi) is 7.42. The van der Waals surface area contributed by atoms with E-state index in [4.69, 9.17) is 14.2 Å². The third-order valence-electron chi connectivity index (χ3n) is 8.14. The molecule has 3 aliphatic rings. The van der Waals surface area contributed by atoms with E-state index >= 15 is 0 Å². The van der Waals surface area contributed by atoms with E-state index in [1.165, 1.54) is 5.56 Å². The molecule has 1 spiro atoms. The zero-order valence-corrected chi connectivity index (χ0v) is 24.0.